The van der Waals surface area contributed by atoms with Crippen molar-refractivity contribution in [2.45, 2.75) is 105 Å². The third-order valence-electron chi connectivity index (χ3n) is 8.13. The molecule has 0 aromatic heterocycles. The Bertz CT molecular complexity index is 531. The minimum absolute atomic E-state index is 0.268. The van der Waals surface area contributed by atoms with E-state index in [0.29, 0.717) is 37.2 Å². The first-order chi connectivity index (χ1) is 14.4. The molecule has 0 aliphatic heterocycles. The summed E-state index contributed by atoms with van der Waals surface area (Å²) in [5.41, 5.74) is 0. The summed E-state index contributed by atoms with van der Waals surface area (Å²) in [6, 6.07) is 0. The van der Waals surface area contributed by atoms with Crippen LogP contribution in [-0.2, 0) is 14.3 Å². The van der Waals surface area contributed by atoms with Crippen molar-refractivity contribution >= 4 is 11.9 Å². The van der Waals surface area contributed by atoms with Crippen LogP contribution in [0.2, 0.25) is 0 Å². The quantitative estimate of drug-likeness (QED) is 0.297. The Kier molecular flexibility index (Phi) is 10.7. The summed E-state index contributed by atoms with van der Waals surface area (Å²) in [7, 11) is 0. The lowest BCUT2D eigenvalue weighted by Crippen LogP contribution is -2.38. The predicted octanol–water partition coefficient (Wildman–Crippen LogP) is 6.72. The lowest BCUT2D eigenvalue weighted by molar-refractivity contribution is -0.162. The number of carbonyl (C=O) groups is 2. The van der Waals surface area contributed by atoms with Crippen molar-refractivity contribution in [3.8, 4) is 0 Å². The van der Waals surface area contributed by atoms with E-state index >= 15 is 0 Å². The van der Waals surface area contributed by atoms with Gasteiger partial charge in [0.25, 0.3) is 0 Å². The van der Waals surface area contributed by atoms with Crippen LogP contribution in [-0.4, -0.2) is 23.7 Å². The van der Waals surface area contributed by atoms with Gasteiger partial charge in [0.05, 0.1) is 18.4 Å². The molecule has 0 bridgehead atoms. The Morgan fingerprint density at radius 1 is 0.867 bits per heavy atom. The number of ether oxygens (including phenoxy) is 1. The Morgan fingerprint density at radius 3 is 2.27 bits per heavy atom. The molecule has 7 unspecified atom stereocenters. The summed E-state index contributed by atoms with van der Waals surface area (Å²) in [6.45, 7) is 9.43. The smallest absolute Gasteiger partial charge is 0.309 e. The fourth-order valence-corrected chi connectivity index (χ4v) is 6.00. The zero-order valence-electron chi connectivity index (χ0n) is 19.9. The van der Waals surface area contributed by atoms with Gasteiger partial charge < -0.3 is 9.84 Å². The van der Waals surface area contributed by atoms with Crippen LogP contribution >= 0.6 is 0 Å². The van der Waals surface area contributed by atoms with E-state index in [1.54, 1.807) is 0 Å². The third-order valence-corrected chi connectivity index (χ3v) is 8.13. The molecule has 0 saturated heterocycles. The van der Waals surface area contributed by atoms with E-state index in [0.717, 1.165) is 24.7 Å². The molecule has 7 atom stereocenters. The zero-order chi connectivity index (χ0) is 22.1. The van der Waals surface area contributed by atoms with Crippen molar-refractivity contribution in [2.75, 3.05) is 6.61 Å². The molecule has 0 aromatic carbocycles. The molecule has 4 nitrogen and oxygen atoms in total. The maximum atomic E-state index is 12.8. The van der Waals surface area contributed by atoms with Gasteiger partial charge in [-0.25, -0.2) is 0 Å². The number of hydrogen-bond donors (Lipinski definition) is 1. The van der Waals surface area contributed by atoms with Crippen LogP contribution in [0.3, 0.4) is 0 Å². The maximum Gasteiger partial charge on any atom is 0.309 e. The summed E-state index contributed by atoms with van der Waals surface area (Å²) >= 11 is 0. The Labute approximate surface area is 184 Å². The van der Waals surface area contributed by atoms with Crippen molar-refractivity contribution in [2.24, 2.45) is 41.4 Å². The lowest BCUT2D eigenvalue weighted by atomic mass is 9.67. The van der Waals surface area contributed by atoms with Gasteiger partial charge in [0.2, 0.25) is 0 Å². The number of unbranched alkanes of at least 4 members (excludes halogenated alkanes) is 4. The number of hydrogen-bond acceptors (Lipinski definition) is 3. The van der Waals surface area contributed by atoms with Crippen LogP contribution in [0.15, 0.2) is 0 Å². The van der Waals surface area contributed by atoms with Crippen molar-refractivity contribution in [1.82, 2.24) is 0 Å². The number of carboxylic acid groups (broad SMARTS) is 1. The Balaban J connectivity index is 1.86. The predicted molar refractivity (Wildman–Crippen MR) is 121 cm³/mol. The molecule has 2 saturated carbocycles. The van der Waals surface area contributed by atoms with E-state index in [4.69, 9.17) is 4.74 Å². The van der Waals surface area contributed by atoms with Crippen LogP contribution in [0.5, 0.6) is 0 Å². The molecule has 0 radical (unpaired) electrons. The van der Waals surface area contributed by atoms with Gasteiger partial charge in [0.15, 0.2) is 0 Å². The maximum absolute atomic E-state index is 12.8. The topological polar surface area (TPSA) is 63.6 Å². The van der Waals surface area contributed by atoms with E-state index in [1.807, 2.05) is 0 Å². The second-order valence-electron chi connectivity index (χ2n) is 10.4. The van der Waals surface area contributed by atoms with Crippen molar-refractivity contribution < 1.29 is 19.4 Å². The van der Waals surface area contributed by atoms with Gasteiger partial charge in [-0.05, 0) is 61.7 Å². The highest BCUT2D eigenvalue weighted by Gasteiger charge is 2.40. The molecule has 4 heteroatoms. The van der Waals surface area contributed by atoms with Crippen LogP contribution in [0.25, 0.3) is 0 Å². The van der Waals surface area contributed by atoms with Gasteiger partial charge in [0.1, 0.15) is 0 Å². The monoisotopic (exact) mass is 422 g/mol. The molecule has 174 valence electrons. The molecule has 2 aliphatic carbocycles. The van der Waals surface area contributed by atoms with Crippen molar-refractivity contribution in [1.29, 1.82) is 0 Å². The molecule has 0 amide bonds. The van der Waals surface area contributed by atoms with Crippen LogP contribution in [0.1, 0.15) is 105 Å². The first kappa shape index (κ1) is 25.2. The summed E-state index contributed by atoms with van der Waals surface area (Å²) in [5, 5.41) is 9.55. The number of aliphatic carboxylic acids is 1. The van der Waals surface area contributed by atoms with Crippen LogP contribution in [0, 0.1) is 41.4 Å². The molecular weight excluding hydrogens is 376 g/mol. The summed E-state index contributed by atoms with van der Waals surface area (Å²) < 4.78 is 5.78. The van der Waals surface area contributed by atoms with Crippen molar-refractivity contribution in [3.05, 3.63) is 0 Å². The van der Waals surface area contributed by atoms with Gasteiger partial charge in [-0.15, -0.1) is 0 Å². The van der Waals surface area contributed by atoms with E-state index in [9.17, 15) is 14.7 Å². The summed E-state index contributed by atoms with van der Waals surface area (Å²) in [6.07, 6.45) is 13.7. The fourth-order valence-electron chi connectivity index (χ4n) is 6.00. The molecule has 1 N–H and O–H groups in total. The van der Waals surface area contributed by atoms with Gasteiger partial charge in [-0.1, -0.05) is 72.6 Å². The minimum atomic E-state index is -0.844. The molecule has 0 spiro atoms. The average Bonchev–Trinajstić information content (AvgIpc) is 2.72. The highest BCUT2D eigenvalue weighted by Crippen LogP contribution is 2.42. The molecule has 0 heterocycles. The normalized spacial score (nSPS) is 34.5. The molecular formula is C26H46O4. The molecule has 2 fully saturated rings. The number of esters is 1. The Morgan fingerprint density at radius 2 is 1.60 bits per heavy atom. The van der Waals surface area contributed by atoms with E-state index in [1.165, 1.54) is 51.4 Å². The molecule has 0 aromatic rings. The van der Waals surface area contributed by atoms with Crippen LogP contribution < -0.4 is 0 Å². The van der Waals surface area contributed by atoms with Crippen molar-refractivity contribution in [3.63, 3.8) is 0 Å². The number of rotatable bonds is 11. The summed E-state index contributed by atoms with van der Waals surface area (Å²) in [5.74, 6) is 0.758. The van der Waals surface area contributed by atoms with E-state index < -0.39 is 17.8 Å². The highest BCUT2D eigenvalue weighted by atomic mass is 16.5. The second-order valence-corrected chi connectivity index (χ2v) is 10.4. The molecule has 2 aliphatic rings. The summed E-state index contributed by atoms with van der Waals surface area (Å²) in [4.78, 5) is 24.4. The minimum Gasteiger partial charge on any atom is -0.481 e. The molecule has 2 rings (SSSR count). The van der Waals surface area contributed by atoms with E-state index in [-0.39, 0.29) is 5.97 Å². The Hall–Kier alpha value is -1.06. The first-order valence-corrected chi connectivity index (χ1v) is 12.8. The first-order valence-electron chi connectivity index (χ1n) is 12.8. The van der Waals surface area contributed by atoms with Gasteiger partial charge in [-0.2, -0.15) is 0 Å². The van der Waals surface area contributed by atoms with Gasteiger partial charge >= 0.3 is 11.9 Å². The zero-order valence-corrected chi connectivity index (χ0v) is 19.9. The third kappa shape index (κ3) is 7.27. The second kappa shape index (κ2) is 12.7. The molecule has 30 heavy (non-hydrogen) atoms. The van der Waals surface area contributed by atoms with Gasteiger partial charge in [-0.3, -0.25) is 9.59 Å². The highest BCUT2D eigenvalue weighted by molar-refractivity contribution is 5.81. The number of carboxylic acids is 1. The average molecular weight is 423 g/mol. The van der Waals surface area contributed by atoms with E-state index in [2.05, 4.69) is 27.7 Å². The van der Waals surface area contributed by atoms with Gasteiger partial charge in [0, 0.05) is 0 Å². The fraction of sp³-hybridized carbons (Fsp3) is 0.923. The standard InChI is InChI=1S/C26H46O4/c1-5-7-8-9-10-11-21-16-22(19(4)15-20(21)6-2)17-30-26(29)23-13-12-18(3)14-24(23)25(27)28/h18-24H,5-17H2,1-4H3,(H,27,28). The SMILES string of the molecule is CCCCCCCC1CC(COC(=O)C2CCC(C)CC2C(=O)O)C(C)CC1CC. The lowest BCUT2D eigenvalue weighted by Gasteiger charge is -2.40. The largest absolute Gasteiger partial charge is 0.481 e. The van der Waals surface area contributed by atoms with Crippen LogP contribution in [0.4, 0.5) is 0 Å². The number of carbonyl (C=O) groups excluding carboxylic acids is 1.